The van der Waals surface area contributed by atoms with E-state index in [1.807, 2.05) is 32.9 Å². The molecule has 1 N–H and O–H groups in total. The maximum atomic E-state index is 14.0. The number of halogens is 1. The Balaban J connectivity index is 2.04. The van der Waals surface area contributed by atoms with Gasteiger partial charge in [-0.3, -0.25) is 13.9 Å². The lowest BCUT2D eigenvalue weighted by Crippen LogP contribution is -2.53. The minimum atomic E-state index is -4.12. The molecule has 0 bridgehead atoms. The SMILES string of the molecule is CCc1ccc(N(CC(=O)N(Cc2ccc(F)cc2)C(CC)C(=O)NC(C)CC)S(=O)(=O)c2ccccc2)cc1. The lowest BCUT2D eigenvalue weighted by molar-refractivity contribution is -0.140. The third-order valence-electron chi connectivity index (χ3n) is 6.90. The Hall–Kier alpha value is -3.72. The fourth-order valence-electron chi connectivity index (χ4n) is 4.29. The molecular formula is C31H38FN3O4S. The van der Waals surface area contributed by atoms with Gasteiger partial charge in [0.15, 0.2) is 0 Å². The van der Waals surface area contributed by atoms with E-state index in [2.05, 4.69) is 5.32 Å². The quantitative estimate of drug-likeness (QED) is 0.304. The van der Waals surface area contributed by atoms with Crippen molar-refractivity contribution in [1.29, 1.82) is 0 Å². The molecule has 0 saturated carbocycles. The number of benzene rings is 3. The highest BCUT2D eigenvalue weighted by Crippen LogP contribution is 2.25. The molecule has 0 saturated heterocycles. The molecule has 0 aliphatic carbocycles. The van der Waals surface area contributed by atoms with Crippen LogP contribution >= 0.6 is 0 Å². The summed E-state index contributed by atoms with van der Waals surface area (Å²) in [6.45, 7) is 7.12. The van der Waals surface area contributed by atoms with Gasteiger partial charge in [0.2, 0.25) is 11.8 Å². The minimum Gasteiger partial charge on any atom is -0.352 e. The van der Waals surface area contributed by atoms with E-state index in [1.165, 1.54) is 29.2 Å². The van der Waals surface area contributed by atoms with E-state index in [0.29, 0.717) is 24.1 Å². The van der Waals surface area contributed by atoms with Crippen molar-refractivity contribution in [2.45, 2.75) is 70.5 Å². The number of nitrogens with zero attached hydrogens (tertiary/aromatic N) is 2. The highest BCUT2D eigenvalue weighted by Gasteiger charge is 2.34. The van der Waals surface area contributed by atoms with Crippen LogP contribution in [0.1, 0.15) is 51.7 Å². The van der Waals surface area contributed by atoms with Gasteiger partial charge in [-0.05, 0) is 73.7 Å². The summed E-state index contributed by atoms with van der Waals surface area (Å²) in [6.07, 6.45) is 1.80. The number of carbonyl (C=O) groups is 2. The van der Waals surface area contributed by atoms with E-state index in [-0.39, 0.29) is 23.4 Å². The van der Waals surface area contributed by atoms with Crippen molar-refractivity contribution in [2.24, 2.45) is 0 Å². The van der Waals surface area contributed by atoms with Gasteiger partial charge in [-0.15, -0.1) is 0 Å². The van der Waals surface area contributed by atoms with E-state index in [0.717, 1.165) is 16.3 Å². The van der Waals surface area contributed by atoms with Crippen LogP contribution in [0, 0.1) is 5.82 Å². The molecule has 0 spiro atoms. The molecule has 0 aliphatic heterocycles. The molecule has 7 nitrogen and oxygen atoms in total. The summed E-state index contributed by atoms with van der Waals surface area (Å²) < 4.78 is 42.4. The van der Waals surface area contributed by atoms with E-state index >= 15 is 0 Å². The van der Waals surface area contributed by atoms with Crippen LogP contribution in [0.25, 0.3) is 0 Å². The first-order valence-corrected chi connectivity index (χ1v) is 15.1. The van der Waals surface area contributed by atoms with Crippen LogP contribution in [0.5, 0.6) is 0 Å². The molecule has 214 valence electrons. The monoisotopic (exact) mass is 567 g/mol. The number of rotatable bonds is 13. The van der Waals surface area contributed by atoms with Gasteiger partial charge in [0.05, 0.1) is 10.6 Å². The van der Waals surface area contributed by atoms with Gasteiger partial charge in [-0.1, -0.05) is 63.2 Å². The van der Waals surface area contributed by atoms with Crippen LogP contribution in [0.3, 0.4) is 0 Å². The Morgan fingerprint density at radius 3 is 2.00 bits per heavy atom. The topological polar surface area (TPSA) is 86.8 Å². The summed E-state index contributed by atoms with van der Waals surface area (Å²) in [5.74, 6) is -1.29. The molecule has 3 aromatic carbocycles. The number of anilines is 1. The number of aryl methyl sites for hydroxylation is 1. The number of carbonyl (C=O) groups excluding carboxylic acids is 2. The summed E-state index contributed by atoms with van der Waals surface area (Å²) in [5, 5.41) is 2.94. The second-order valence-corrected chi connectivity index (χ2v) is 11.6. The first kappa shape index (κ1) is 30.8. The predicted molar refractivity (Wildman–Crippen MR) is 156 cm³/mol. The summed E-state index contributed by atoms with van der Waals surface area (Å²) in [5.41, 5.74) is 1.99. The molecule has 2 unspecified atom stereocenters. The van der Waals surface area contributed by atoms with Gasteiger partial charge in [0, 0.05) is 12.6 Å². The summed E-state index contributed by atoms with van der Waals surface area (Å²) in [6, 6.07) is 19.7. The van der Waals surface area contributed by atoms with Crippen LogP contribution in [-0.4, -0.2) is 43.8 Å². The molecular weight excluding hydrogens is 529 g/mol. The van der Waals surface area contributed by atoms with Gasteiger partial charge in [0.1, 0.15) is 18.4 Å². The molecule has 0 aromatic heterocycles. The van der Waals surface area contributed by atoms with E-state index in [9.17, 15) is 22.4 Å². The van der Waals surface area contributed by atoms with E-state index in [1.54, 1.807) is 49.4 Å². The highest BCUT2D eigenvalue weighted by molar-refractivity contribution is 7.92. The van der Waals surface area contributed by atoms with Crippen LogP contribution in [0.15, 0.2) is 83.8 Å². The average Bonchev–Trinajstić information content (AvgIpc) is 2.97. The van der Waals surface area contributed by atoms with Gasteiger partial charge in [0.25, 0.3) is 10.0 Å². The van der Waals surface area contributed by atoms with Crippen LogP contribution in [0.4, 0.5) is 10.1 Å². The normalized spacial score (nSPS) is 12.8. The Labute approximate surface area is 237 Å². The number of nitrogens with one attached hydrogen (secondary N) is 1. The highest BCUT2D eigenvalue weighted by atomic mass is 32.2. The number of hydrogen-bond acceptors (Lipinski definition) is 4. The zero-order valence-electron chi connectivity index (χ0n) is 23.5. The van der Waals surface area contributed by atoms with Crippen molar-refractivity contribution in [2.75, 3.05) is 10.8 Å². The summed E-state index contributed by atoms with van der Waals surface area (Å²) in [4.78, 5) is 28.7. The second-order valence-electron chi connectivity index (χ2n) is 9.73. The lowest BCUT2D eigenvalue weighted by Gasteiger charge is -2.33. The zero-order chi connectivity index (χ0) is 29.3. The molecule has 0 aliphatic rings. The van der Waals surface area contributed by atoms with Gasteiger partial charge >= 0.3 is 0 Å². The van der Waals surface area contributed by atoms with Crippen molar-refractivity contribution in [3.8, 4) is 0 Å². The molecule has 2 atom stereocenters. The van der Waals surface area contributed by atoms with Crippen molar-refractivity contribution < 1.29 is 22.4 Å². The Kier molecular flexibility index (Phi) is 10.8. The molecule has 9 heteroatoms. The molecule has 0 radical (unpaired) electrons. The lowest BCUT2D eigenvalue weighted by atomic mass is 10.1. The Bertz CT molecular complexity index is 1360. The second kappa shape index (κ2) is 14.1. The van der Waals surface area contributed by atoms with Gasteiger partial charge < -0.3 is 10.2 Å². The van der Waals surface area contributed by atoms with E-state index < -0.39 is 34.3 Å². The summed E-state index contributed by atoms with van der Waals surface area (Å²) in [7, 11) is -4.12. The van der Waals surface area contributed by atoms with Crippen molar-refractivity contribution in [1.82, 2.24) is 10.2 Å². The summed E-state index contributed by atoms with van der Waals surface area (Å²) >= 11 is 0. The fraction of sp³-hybridized carbons (Fsp3) is 0.355. The molecule has 3 rings (SSSR count). The van der Waals surface area contributed by atoms with Crippen molar-refractivity contribution in [3.63, 3.8) is 0 Å². The molecule has 0 fully saturated rings. The largest absolute Gasteiger partial charge is 0.352 e. The maximum absolute atomic E-state index is 14.0. The maximum Gasteiger partial charge on any atom is 0.264 e. The van der Waals surface area contributed by atoms with E-state index in [4.69, 9.17) is 0 Å². The first-order chi connectivity index (χ1) is 19.1. The third kappa shape index (κ3) is 7.69. The standard InChI is InChI=1S/C31H38FN3O4S/c1-5-23(4)33-31(37)29(7-3)34(21-25-13-17-26(32)18-14-25)30(36)22-35(27-19-15-24(6-2)16-20-27)40(38,39)28-11-9-8-10-12-28/h8-20,23,29H,5-7,21-22H2,1-4H3,(H,33,37). The smallest absolute Gasteiger partial charge is 0.264 e. The average molecular weight is 568 g/mol. The molecule has 2 amide bonds. The minimum absolute atomic E-state index is 0.0134. The zero-order valence-corrected chi connectivity index (χ0v) is 24.3. The number of hydrogen-bond donors (Lipinski definition) is 1. The molecule has 3 aromatic rings. The Morgan fingerprint density at radius 2 is 1.45 bits per heavy atom. The number of amides is 2. The van der Waals surface area contributed by atoms with Crippen LogP contribution < -0.4 is 9.62 Å². The number of sulfonamides is 1. The van der Waals surface area contributed by atoms with Crippen molar-refractivity contribution >= 4 is 27.5 Å². The fourth-order valence-corrected chi connectivity index (χ4v) is 5.73. The third-order valence-corrected chi connectivity index (χ3v) is 8.68. The van der Waals surface area contributed by atoms with Gasteiger partial charge in [-0.2, -0.15) is 0 Å². The molecule has 40 heavy (non-hydrogen) atoms. The predicted octanol–water partition coefficient (Wildman–Crippen LogP) is 5.31. The van der Waals surface area contributed by atoms with Crippen molar-refractivity contribution in [3.05, 3.63) is 95.8 Å². The van der Waals surface area contributed by atoms with Gasteiger partial charge in [-0.25, -0.2) is 12.8 Å². The van der Waals surface area contributed by atoms with Crippen LogP contribution in [0.2, 0.25) is 0 Å². The first-order valence-electron chi connectivity index (χ1n) is 13.6. The van der Waals surface area contributed by atoms with Crippen LogP contribution in [-0.2, 0) is 32.6 Å². The molecule has 0 heterocycles. The Morgan fingerprint density at radius 1 is 0.850 bits per heavy atom.